The average molecular weight is 185 g/mol. The van der Waals surface area contributed by atoms with Crippen LogP contribution in [0, 0.1) is 6.92 Å². The van der Waals surface area contributed by atoms with Crippen LogP contribution in [0.2, 0.25) is 0 Å². The standard InChI is InChI=1S/C8H11NO2S/c1-6-5-7(12(2,10)11)3-4-8(6)9/h3-5H,9H2,1-2H3. The van der Waals surface area contributed by atoms with Gasteiger partial charge in [0.05, 0.1) is 4.90 Å². The molecule has 0 amide bonds. The molecule has 0 fully saturated rings. The first-order chi connectivity index (χ1) is 5.41. The Morgan fingerprint density at radius 1 is 1.33 bits per heavy atom. The number of aryl methyl sites for hydroxylation is 1. The molecule has 0 spiro atoms. The first-order valence-electron chi connectivity index (χ1n) is 3.47. The number of hydrogen-bond acceptors (Lipinski definition) is 3. The second-order valence-corrected chi connectivity index (χ2v) is 4.81. The third-order valence-corrected chi connectivity index (χ3v) is 2.78. The Morgan fingerprint density at radius 2 is 1.92 bits per heavy atom. The highest BCUT2D eigenvalue weighted by Crippen LogP contribution is 2.16. The van der Waals surface area contributed by atoms with E-state index in [2.05, 4.69) is 0 Å². The highest BCUT2D eigenvalue weighted by Gasteiger charge is 2.06. The van der Waals surface area contributed by atoms with Gasteiger partial charge >= 0.3 is 0 Å². The van der Waals surface area contributed by atoms with E-state index in [4.69, 9.17) is 5.73 Å². The normalized spacial score (nSPS) is 11.5. The molecule has 12 heavy (non-hydrogen) atoms. The molecular formula is C8H11NO2S. The van der Waals surface area contributed by atoms with Crippen LogP contribution in [0.25, 0.3) is 0 Å². The van der Waals surface area contributed by atoms with E-state index < -0.39 is 9.84 Å². The number of rotatable bonds is 1. The number of nitrogen functional groups attached to an aromatic ring is 1. The third-order valence-electron chi connectivity index (χ3n) is 1.67. The van der Waals surface area contributed by atoms with E-state index >= 15 is 0 Å². The van der Waals surface area contributed by atoms with E-state index in [1.807, 2.05) is 0 Å². The van der Waals surface area contributed by atoms with Crippen molar-refractivity contribution in [2.24, 2.45) is 0 Å². The summed E-state index contributed by atoms with van der Waals surface area (Å²) in [6.45, 7) is 1.78. The van der Waals surface area contributed by atoms with Crippen molar-refractivity contribution in [3.63, 3.8) is 0 Å². The van der Waals surface area contributed by atoms with E-state index in [-0.39, 0.29) is 0 Å². The minimum absolute atomic E-state index is 0.314. The van der Waals surface area contributed by atoms with Gasteiger partial charge < -0.3 is 5.73 Å². The molecule has 3 nitrogen and oxygen atoms in total. The molecule has 0 heterocycles. The van der Waals surface area contributed by atoms with Gasteiger partial charge in [0.15, 0.2) is 9.84 Å². The molecule has 1 aromatic rings. The molecule has 0 aliphatic carbocycles. The van der Waals surface area contributed by atoms with Gasteiger partial charge in [-0.05, 0) is 30.7 Å². The van der Waals surface area contributed by atoms with Crippen LogP contribution < -0.4 is 5.73 Å². The van der Waals surface area contributed by atoms with Gasteiger partial charge in [0.25, 0.3) is 0 Å². The van der Waals surface area contributed by atoms with Crippen molar-refractivity contribution in [2.45, 2.75) is 11.8 Å². The van der Waals surface area contributed by atoms with Crippen molar-refractivity contribution in [3.8, 4) is 0 Å². The zero-order valence-corrected chi connectivity index (χ0v) is 7.85. The Hall–Kier alpha value is -1.03. The smallest absolute Gasteiger partial charge is 0.175 e. The highest BCUT2D eigenvalue weighted by molar-refractivity contribution is 7.90. The van der Waals surface area contributed by atoms with Crippen molar-refractivity contribution in [3.05, 3.63) is 23.8 Å². The summed E-state index contributed by atoms with van der Waals surface area (Å²) in [6.07, 6.45) is 1.18. The molecule has 66 valence electrons. The summed E-state index contributed by atoms with van der Waals surface area (Å²) < 4.78 is 22.1. The first kappa shape index (κ1) is 9.06. The Kier molecular flexibility index (Phi) is 2.10. The van der Waals surface area contributed by atoms with Crippen LogP contribution in [0.15, 0.2) is 23.1 Å². The maximum Gasteiger partial charge on any atom is 0.175 e. The zero-order valence-electron chi connectivity index (χ0n) is 7.03. The molecule has 0 bridgehead atoms. The third kappa shape index (κ3) is 1.76. The fraction of sp³-hybridized carbons (Fsp3) is 0.250. The van der Waals surface area contributed by atoms with Crippen LogP contribution in [0.4, 0.5) is 5.69 Å². The van der Waals surface area contributed by atoms with E-state index in [0.717, 1.165) is 5.56 Å². The highest BCUT2D eigenvalue weighted by atomic mass is 32.2. The number of sulfone groups is 1. The number of hydrogen-bond donors (Lipinski definition) is 1. The minimum atomic E-state index is -3.10. The molecular weight excluding hydrogens is 174 g/mol. The predicted octanol–water partition coefficient (Wildman–Crippen LogP) is 0.981. The summed E-state index contributed by atoms with van der Waals surface area (Å²) in [5.74, 6) is 0. The Balaban J connectivity index is 3.33. The van der Waals surface area contributed by atoms with Gasteiger partial charge in [0.2, 0.25) is 0 Å². The van der Waals surface area contributed by atoms with E-state index in [9.17, 15) is 8.42 Å². The fourth-order valence-electron chi connectivity index (χ4n) is 0.879. The Morgan fingerprint density at radius 3 is 2.33 bits per heavy atom. The molecule has 0 aromatic heterocycles. The van der Waals surface area contributed by atoms with Crippen LogP contribution in [0.1, 0.15) is 5.56 Å². The summed E-state index contributed by atoms with van der Waals surface area (Å²) >= 11 is 0. The van der Waals surface area contributed by atoms with Crippen LogP contribution in [0.3, 0.4) is 0 Å². The molecule has 0 saturated heterocycles. The maximum atomic E-state index is 11.1. The van der Waals surface area contributed by atoms with E-state index in [1.165, 1.54) is 12.3 Å². The van der Waals surface area contributed by atoms with Gasteiger partial charge in [0, 0.05) is 11.9 Å². The summed E-state index contributed by atoms with van der Waals surface area (Å²) in [5, 5.41) is 0. The fourth-order valence-corrected chi connectivity index (χ4v) is 1.58. The summed E-state index contributed by atoms with van der Waals surface area (Å²) in [4.78, 5) is 0.314. The molecule has 0 atom stereocenters. The molecule has 0 radical (unpaired) electrons. The zero-order chi connectivity index (χ0) is 9.35. The molecule has 1 aromatic carbocycles. The SMILES string of the molecule is Cc1cc(S(C)(=O)=O)ccc1N. The van der Waals surface area contributed by atoms with Crippen molar-refractivity contribution < 1.29 is 8.42 Å². The molecule has 4 heteroatoms. The summed E-state index contributed by atoms with van der Waals surface area (Å²) in [6, 6.07) is 4.69. The molecule has 2 N–H and O–H groups in total. The van der Waals surface area contributed by atoms with Crippen LogP contribution in [-0.4, -0.2) is 14.7 Å². The Bertz CT molecular complexity index is 396. The molecule has 0 aliphatic rings. The second-order valence-electron chi connectivity index (χ2n) is 2.79. The van der Waals surface area contributed by atoms with Gasteiger partial charge in [-0.1, -0.05) is 0 Å². The summed E-state index contributed by atoms with van der Waals surface area (Å²) in [5.41, 5.74) is 6.94. The topological polar surface area (TPSA) is 60.2 Å². The van der Waals surface area contributed by atoms with Crippen LogP contribution in [0.5, 0.6) is 0 Å². The predicted molar refractivity (Wildman–Crippen MR) is 48.7 cm³/mol. The number of benzene rings is 1. The maximum absolute atomic E-state index is 11.1. The van der Waals surface area contributed by atoms with Crippen molar-refractivity contribution >= 4 is 15.5 Å². The van der Waals surface area contributed by atoms with Gasteiger partial charge in [-0.2, -0.15) is 0 Å². The van der Waals surface area contributed by atoms with Crippen molar-refractivity contribution in [2.75, 3.05) is 12.0 Å². The van der Waals surface area contributed by atoms with Crippen LogP contribution >= 0.6 is 0 Å². The van der Waals surface area contributed by atoms with Crippen LogP contribution in [-0.2, 0) is 9.84 Å². The minimum Gasteiger partial charge on any atom is -0.399 e. The number of nitrogens with two attached hydrogens (primary N) is 1. The van der Waals surface area contributed by atoms with Gasteiger partial charge in [-0.25, -0.2) is 8.42 Å². The average Bonchev–Trinajstić information content (AvgIpc) is 1.92. The lowest BCUT2D eigenvalue weighted by Crippen LogP contribution is -1.98. The van der Waals surface area contributed by atoms with E-state index in [1.54, 1.807) is 19.1 Å². The largest absolute Gasteiger partial charge is 0.399 e. The van der Waals surface area contributed by atoms with Gasteiger partial charge in [-0.3, -0.25) is 0 Å². The first-order valence-corrected chi connectivity index (χ1v) is 5.36. The lowest BCUT2D eigenvalue weighted by Gasteiger charge is -2.02. The molecule has 0 aliphatic heterocycles. The summed E-state index contributed by atoms with van der Waals surface area (Å²) in [7, 11) is -3.10. The Labute approximate surface area is 72.1 Å². The monoisotopic (exact) mass is 185 g/mol. The quantitative estimate of drug-likeness (QED) is 0.663. The second kappa shape index (κ2) is 2.79. The van der Waals surface area contributed by atoms with Crippen molar-refractivity contribution in [1.29, 1.82) is 0 Å². The molecule has 0 unspecified atom stereocenters. The lowest BCUT2D eigenvalue weighted by atomic mass is 10.2. The van der Waals surface area contributed by atoms with Gasteiger partial charge in [0.1, 0.15) is 0 Å². The lowest BCUT2D eigenvalue weighted by molar-refractivity contribution is 0.602. The number of anilines is 1. The molecule has 1 rings (SSSR count). The molecule has 0 saturated carbocycles. The van der Waals surface area contributed by atoms with E-state index in [0.29, 0.717) is 10.6 Å². The van der Waals surface area contributed by atoms with Gasteiger partial charge in [-0.15, -0.1) is 0 Å². The van der Waals surface area contributed by atoms with Crippen molar-refractivity contribution in [1.82, 2.24) is 0 Å².